The SMILES string of the molecule is CCCCCCCC.CCCCCCCCCC.CCCCCCCCCCCC.CCCCCCCCCCCCCC. The molecule has 0 atom stereocenters. The van der Waals surface area contributed by atoms with Crippen molar-refractivity contribution in [1.82, 2.24) is 0 Å². The highest BCUT2D eigenvalue weighted by Gasteiger charge is 1.92. The largest absolute Gasteiger partial charge is 0.0654 e. The Morgan fingerprint density at radius 2 is 0.182 bits per heavy atom. The summed E-state index contributed by atoms with van der Waals surface area (Å²) in [7, 11) is 0. The van der Waals surface area contributed by atoms with Crippen molar-refractivity contribution in [2.24, 2.45) is 0 Å². The van der Waals surface area contributed by atoms with Crippen LogP contribution in [0.25, 0.3) is 0 Å². The molecular weight excluding hydrogens is 528 g/mol. The fraction of sp³-hybridized carbons (Fsp3) is 1.00. The van der Waals surface area contributed by atoms with E-state index in [1.807, 2.05) is 0 Å². The summed E-state index contributed by atoms with van der Waals surface area (Å²) in [4.78, 5) is 0. The van der Waals surface area contributed by atoms with E-state index in [4.69, 9.17) is 0 Å². The van der Waals surface area contributed by atoms with Crippen LogP contribution in [0.15, 0.2) is 0 Å². The Bertz CT molecular complexity index is 336. The minimum Gasteiger partial charge on any atom is -0.0654 e. The summed E-state index contributed by atoms with van der Waals surface area (Å²) in [5.41, 5.74) is 0. The lowest BCUT2D eigenvalue weighted by Crippen LogP contribution is -1.81. The molecule has 0 N–H and O–H groups in total. The first-order valence-corrected chi connectivity index (χ1v) is 21.7. The molecule has 0 rings (SSSR count). The van der Waals surface area contributed by atoms with E-state index in [0.29, 0.717) is 0 Å². The first kappa shape index (κ1) is 50.8. The van der Waals surface area contributed by atoms with Gasteiger partial charge in [-0.3, -0.25) is 0 Å². The van der Waals surface area contributed by atoms with E-state index in [1.54, 1.807) is 0 Å². The third-order valence-corrected chi connectivity index (χ3v) is 8.83. The summed E-state index contributed by atoms with van der Waals surface area (Å²) in [6.45, 7) is 18.2. The Labute approximate surface area is 285 Å². The second-order valence-electron chi connectivity index (χ2n) is 13.9. The molecule has 0 radical (unpaired) electrons. The van der Waals surface area contributed by atoms with Gasteiger partial charge in [0.2, 0.25) is 0 Å². The Morgan fingerprint density at radius 1 is 0.114 bits per heavy atom. The van der Waals surface area contributed by atoms with E-state index >= 15 is 0 Å². The van der Waals surface area contributed by atoms with Gasteiger partial charge in [-0.1, -0.05) is 287 Å². The molecule has 0 aliphatic heterocycles. The molecule has 0 heterocycles. The zero-order chi connectivity index (χ0) is 33.5. The second kappa shape index (κ2) is 58.5. The third kappa shape index (κ3) is 68.9. The van der Waals surface area contributed by atoms with Gasteiger partial charge in [0, 0.05) is 0 Å². The van der Waals surface area contributed by atoms with Crippen molar-refractivity contribution in [2.45, 2.75) is 287 Å². The maximum absolute atomic E-state index is 2.29. The Morgan fingerprint density at radius 3 is 0.250 bits per heavy atom. The Hall–Kier alpha value is 0. The molecule has 44 heavy (non-hydrogen) atoms. The van der Waals surface area contributed by atoms with Crippen LogP contribution in [0.2, 0.25) is 0 Å². The molecule has 0 saturated heterocycles. The average molecular weight is 625 g/mol. The summed E-state index contributed by atoms with van der Waals surface area (Å²) in [6.07, 6.45) is 51.8. The summed E-state index contributed by atoms with van der Waals surface area (Å²) < 4.78 is 0. The molecule has 0 fully saturated rings. The predicted octanol–water partition coefficient (Wildman–Crippen LogP) is 18.1. The van der Waals surface area contributed by atoms with Crippen molar-refractivity contribution in [3.8, 4) is 0 Å². The van der Waals surface area contributed by atoms with Crippen LogP contribution in [0.1, 0.15) is 287 Å². The van der Waals surface area contributed by atoms with Crippen molar-refractivity contribution in [2.75, 3.05) is 0 Å². The molecule has 0 bridgehead atoms. The van der Waals surface area contributed by atoms with E-state index in [2.05, 4.69) is 55.4 Å². The van der Waals surface area contributed by atoms with E-state index in [9.17, 15) is 0 Å². The Kier molecular flexibility index (Phi) is 67.6. The molecule has 0 amide bonds. The lowest BCUT2D eigenvalue weighted by atomic mass is 10.1. The zero-order valence-electron chi connectivity index (χ0n) is 33.5. The quantitative estimate of drug-likeness (QED) is 0.0653. The van der Waals surface area contributed by atoms with Gasteiger partial charge in [0.1, 0.15) is 0 Å². The molecule has 0 unspecified atom stereocenters. The second-order valence-corrected chi connectivity index (χ2v) is 13.9. The lowest BCUT2D eigenvalue weighted by Gasteiger charge is -2.01. The van der Waals surface area contributed by atoms with Crippen LogP contribution >= 0.6 is 0 Å². The molecule has 0 aromatic rings. The molecule has 0 aromatic heterocycles. The summed E-state index contributed by atoms with van der Waals surface area (Å²) in [5.74, 6) is 0. The predicted molar refractivity (Wildman–Crippen MR) is 212 cm³/mol. The summed E-state index contributed by atoms with van der Waals surface area (Å²) >= 11 is 0. The van der Waals surface area contributed by atoms with Crippen LogP contribution in [0.3, 0.4) is 0 Å². The highest BCUT2D eigenvalue weighted by atomic mass is 14.0. The minimum atomic E-state index is 1.36. The van der Waals surface area contributed by atoms with Gasteiger partial charge < -0.3 is 0 Å². The van der Waals surface area contributed by atoms with Crippen molar-refractivity contribution >= 4 is 0 Å². The van der Waals surface area contributed by atoms with E-state index in [-0.39, 0.29) is 0 Å². The van der Waals surface area contributed by atoms with Crippen LogP contribution in [0, 0.1) is 0 Å². The molecule has 0 aliphatic carbocycles. The molecule has 0 saturated carbocycles. The van der Waals surface area contributed by atoms with E-state index < -0.39 is 0 Å². The molecule has 272 valence electrons. The minimum absolute atomic E-state index is 1.36. The van der Waals surface area contributed by atoms with Crippen molar-refractivity contribution in [3.05, 3.63) is 0 Å². The smallest absolute Gasteiger partial charge is 0.0533 e. The first-order chi connectivity index (χ1) is 21.7. The summed E-state index contributed by atoms with van der Waals surface area (Å²) in [6, 6.07) is 0. The first-order valence-electron chi connectivity index (χ1n) is 21.7. The van der Waals surface area contributed by atoms with Crippen molar-refractivity contribution in [3.63, 3.8) is 0 Å². The molecule has 0 aliphatic rings. The molecule has 0 heteroatoms. The summed E-state index contributed by atoms with van der Waals surface area (Å²) in [5, 5.41) is 0. The van der Waals surface area contributed by atoms with E-state index in [0.717, 1.165) is 0 Å². The van der Waals surface area contributed by atoms with Crippen LogP contribution in [0.4, 0.5) is 0 Å². The van der Waals surface area contributed by atoms with Gasteiger partial charge in [-0.2, -0.15) is 0 Å². The molecular formula is C44H96. The van der Waals surface area contributed by atoms with Crippen LogP contribution < -0.4 is 0 Å². The van der Waals surface area contributed by atoms with Crippen LogP contribution in [0.5, 0.6) is 0 Å². The fourth-order valence-corrected chi connectivity index (χ4v) is 5.54. The van der Waals surface area contributed by atoms with Crippen LogP contribution in [-0.4, -0.2) is 0 Å². The highest BCUT2D eigenvalue weighted by molar-refractivity contribution is 4.48. The van der Waals surface area contributed by atoms with Gasteiger partial charge in [0.15, 0.2) is 0 Å². The third-order valence-electron chi connectivity index (χ3n) is 8.83. The van der Waals surface area contributed by atoms with Gasteiger partial charge >= 0.3 is 0 Å². The molecule has 0 nitrogen and oxygen atoms in total. The fourth-order valence-electron chi connectivity index (χ4n) is 5.54. The number of hydrogen-bond acceptors (Lipinski definition) is 0. The number of rotatable bonds is 32. The standard InChI is InChI=1S/C14H30.C12H26.C10H22.C8H18/c1-3-5-7-9-11-13-14-12-10-8-6-4-2;1-3-5-7-9-11-12-10-8-6-4-2;1-3-5-7-9-10-8-6-4-2;1-3-5-7-8-6-4-2/h3-14H2,1-2H3;3-12H2,1-2H3;3-10H2,1-2H3;3-8H2,1-2H3. The van der Waals surface area contributed by atoms with E-state index in [1.165, 1.54) is 231 Å². The van der Waals surface area contributed by atoms with Crippen LogP contribution in [-0.2, 0) is 0 Å². The normalized spacial score (nSPS) is 10.4. The monoisotopic (exact) mass is 625 g/mol. The maximum Gasteiger partial charge on any atom is -0.0533 e. The average Bonchev–Trinajstić information content (AvgIpc) is 3.04. The Balaban J connectivity index is -0.000000247. The number of hydrogen-bond donors (Lipinski definition) is 0. The van der Waals surface area contributed by atoms with Gasteiger partial charge in [-0.25, -0.2) is 0 Å². The van der Waals surface area contributed by atoms with Gasteiger partial charge in [0.25, 0.3) is 0 Å². The van der Waals surface area contributed by atoms with Gasteiger partial charge in [0.05, 0.1) is 0 Å². The van der Waals surface area contributed by atoms with Crippen molar-refractivity contribution in [1.29, 1.82) is 0 Å². The highest BCUT2D eigenvalue weighted by Crippen LogP contribution is 2.12. The molecule has 0 aromatic carbocycles. The van der Waals surface area contributed by atoms with Gasteiger partial charge in [-0.05, 0) is 0 Å². The maximum atomic E-state index is 2.29. The number of unbranched alkanes of at least 4 members (excludes halogenated alkanes) is 32. The topological polar surface area (TPSA) is 0 Å². The van der Waals surface area contributed by atoms with Crippen molar-refractivity contribution < 1.29 is 0 Å². The zero-order valence-corrected chi connectivity index (χ0v) is 33.5. The van der Waals surface area contributed by atoms with Gasteiger partial charge in [-0.15, -0.1) is 0 Å². The molecule has 0 spiro atoms. The lowest BCUT2D eigenvalue weighted by molar-refractivity contribution is 0.548.